The van der Waals surface area contributed by atoms with Gasteiger partial charge in [-0.25, -0.2) is 0 Å². The molecule has 46 heavy (non-hydrogen) atoms. The number of benzene rings is 5. The van der Waals surface area contributed by atoms with E-state index in [0.717, 1.165) is 12.8 Å². The van der Waals surface area contributed by atoms with Gasteiger partial charge in [-0.05, 0) is 120 Å². The molecule has 238 valence electrons. The lowest BCUT2D eigenvalue weighted by molar-refractivity contribution is 0.664. The van der Waals surface area contributed by atoms with Crippen molar-refractivity contribution in [2.45, 2.75) is 106 Å². The predicted octanol–water partition coefficient (Wildman–Crippen LogP) is 13.8. The van der Waals surface area contributed by atoms with Gasteiger partial charge in [-0.1, -0.05) is 161 Å². The van der Waals surface area contributed by atoms with E-state index >= 15 is 0 Å². The van der Waals surface area contributed by atoms with Crippen LogP contribution in [-0.4, -0.2) is 0 Å². The van der Waals surface area contributed by atoms with E-state index in [9.17, 15) is 0 Å². The van der Waals surface area contributed by atoms with E-state index in [1.165, 1.54) is 129 Å². The standard InChI is InChI=1S/C46H54/c1-7-9-11-13-15-41-31-46(40-25-21-38(22-26-40)44-28-18-34(4)30-36(44)6)42(16-14-12-10-8-2)32-45(41)39-23-19-37(20-24-39)43-27-17-33(3)29-35(43)5/h17-32H,7-16H2,1-6H3. The Morgan fingerprint density at radius 2 is 0.696 bits per heavy atom. The lowest BCUT2D eigenvalue weighted by atomic mass is 9.86. The zero-order chi connectivity index (χ0) is 32.5. The molecule has 0 amide bonds. The van der Waals surface area contributed by atoms with Gasteiger partial charge in [0.15, 0.2) is 0 Å². The quantitative estimate of drug-likeness (QED) is 0.110. The Labute approximate surface area is 279 Å². The molecule has 0 aliphatic carbocycles. The predicted molar refractivity (Wildman–Crippen MR) is 203 cm³/mol. The molecular weight excluding hydrogens is 553 g/mol. The van der Waals surface area contributed by atoms with Crippen molar-refractivity contribution >= 4 is 0 Å². The Kier molecular flexibility index (Phi) is 11.7. The molecule has 0 radical (unpaired) electrons. The van der Waals surface area contributed by atoms with Crippen molar-refractivity contribution in [3.05, 3.63) is 130 Å². The van der Waals surface area contributed by atoms with Gasteiger partial charge < -0.3 is 0 Å². The Balaban J connectivity index is 1.55. The van der Waals surface area contributed by atoms with E-state index in [1.807, 2.05) is 0 Å². The summed E-state index contributed by atoms with van der Waals surface area (Å²) >= 11 is 0. The average molecular weight is 607 g/mol. The molecule has 0 spiro atoms. The molecule has 0 nitrogen and oxygen atoms in total. The summed E-state index contributed by atoms with van der Waals surface area (Å²) in [4.78, 5) is 0. The second-order valence-corrected chi connectivity index (χ2v) is 13.6. The molecule has 5 aromatic carbocycles. The van der Waals surface area contributed by atoms with Crippen LogP contribution < -0.4 is 0 Å². The highest BCUT2D eigenvalue weighted by atomic mass is 14.2. The van der Waals surface area contributed by atoms with Crippen molar-refractivity contribution in [3.8, 4) is 44.5 Å². The summed E-state index contributed by atoms with van der Waals surface area (Å²) in [5, 5.41) is 0. The summed E-state index contributed by atoms with van der Waals surface area (Å²) in [6.45, 7) is 13.4. The van der Waals surface area contributed by atoms with E-state index in [0.29, 0.717) is 0 Å². The first-order chi connectivity index (χ1) is 22.4. The first-order valence-corrected chi connectivity index (χ1v) is 17.9. The Hall–Kier alpha value is -3.90. The first-order valence-electron chi connectivity index (χ1n) is 17.9. The summed E-state index contributed by atoms with van der Waals surface area (Å²) in [6.07, 6.45) is 12.5. The van der Waals surface area contributed by atoms with Gasteiger partial charge in [0.2, 0.25) is 0 Å². The molecule has 0 atom stereocenters. The smallest absolute Gasteiger partial charge is 0.0149 e. The van der Waals surface area contributed by atoms with E-state index in [1.54, 1.807) is 0 Å². The molecule has 0 N–H and O–H groups in total. The van der Waals surface area contributed by atoms with Crippen LogP contribution in [0.3, 0.4) is 0 Å². The third kappa shape index (κ3) is 8.27. The second-order valence-electron chi connectivity index (χ2n) is 13.6. The van der Waals surface area contributed by atoms with E-state index in [4.69, 9.17) is 0 Å². The Morgan fingerprint density at radius 3 is 1.02 bits per heavy atom. The lowest BCUT2D eigenvalue weighted by Crippen LogP contribution is -1.99. The monoisotopic (exact) mass is 606 g/mol. The molecular formula is C46H54. The van der Waals surface area contributed by atoms with Gasteiger partial charge >= 0.3 is 0 Å². The van der Waals surface area contributed by atoms with Crippen LogP contribution in [0.15, 0.2) is 97.1 Å². The highest BCUT2D eigenvalue weighted by Gasteiger charge is 2.15. The fourth-order valence-electron chi connectivity index (χ4n) is 7.06. The number of hydrogen-bond donors (Lipinski definition) is 0. The van der Waals surface area contributed by atoms with Gasteiger partial charge in [0, 0.05) is 0 Å². The zero-order valence-electron chi connectivity index (χ0n) is 29.3. The molecule has 0 bridgehead atoms. The van der Waals surface area contributed by atoms with E-state index in [2.05, 4.69) is 139 Å². The van der Waals surface area contributed by atoms with Crippen LogP contribution in [0.5, 0.6) is 0 Å². The average Bonchev–Trinajstić information content (AvgIpc) is 3.05. The van der Waals surface area contributed by atoms with Crippen LogP contribution in [0.1, 0.15) is 98.6 Å². The van der Waals surface area contributed by atoms with Crippen molar-refractivity contribution in [1.82, 2.24) is 0 Å². The van der Waals surface area contributed by atoms with Crippen LogP contribution in [0.4, 0.5) is 0 Å². The van der Waals surface area contributed by atoms with E-state index in [-0.39, 0.29) is 0 Å². The molecule has 0 aliphatic heterocycles. The number of aryl methyl sites for hydroxylation is 6. The van der Waals surface area contributed by atoms with Gasteiger partial charge in [-0.2, -0.15) is 0 Å². The fraction of sp³-hybridized carbons (Fsp3) is 0.348. The Bertz CT molecular complexity index is 1590. The summed E-state index contributed by atoms with van der Waals surface area (Å²) in [6, 6.07) is 37.4. The van der Waals surface area contributed by atoms with Gasteiger partial charge in [0.1, 0.15) is 0 Å². The molecule has 5 aromatic rings. The number of unbranched alkanes of at least 4 members (excludes halogenated alkanes) is 6. The van der Waals surface area contributed by atoms with Crippen molar-refractivity contribution in [2.24, 2.45) is 0 Å². The van der Waals surface area contributed by atoms with Crippen LogP contribution in [-0.2, 0) is 12.8 Å². The molecule has 0 heterocycles. The third-order valence-corrected chi connectivity index (χ3v) is 9.71. The minimum Gasteiger partial charge on any atom is -0.0654 e. The third-order valence-electron chi connectivity index (χ3n) is 9.71. The lowest BCUT2D eigenvalue weighted by Gasteiger charge is -2.19. The maximum absolute atomic E-state index is 2.56. The van der Waals surface area contributed by atoms with Crippen LogP contribution >= 0.6 is 0 Å². The molecule has 0 saturated heterocycles. The maximum atomic E-state index is 2.56. The van der Waals surface area contributed by atoms with Gasteiger partial charge in [0.05, 0.1) is 0 Å². The van der Waals surface area contributed by atoms with Crippen molar-refractivity contribution in [2.75, 3.05) is 0 Å². The molecule has 0 aliphatic rings. The topological polar surface area (TPSA) is 0 Å². The fourth-order valence-corrected chi connectivity index (χ4v) is 7.06. The Morgan fingerprint density at radius 1 is 0.348 bits per heavy atom. The molecule has 0 saturated carbocycles. The van der Waals surface area contributed by atoms with Gasteiger partial charge in [-0.3, -0.25) is 0 Å². The zero-order valence-corrected chi connectivity index (χ0v) is 29.3. The molecule has 0 heteroatoms. The van der Waals surface area contributed by atoms with Gasteiger partial charge in [0.25, 0.3) is 0 Å². The molecule has 0 unspecified atom stereocenters. The highest BCUT2D eigenvalue weighted by molar-refractivity contribution is 5.80. The normalized spacial score (nSPS) is 11.3. The molecule has 0 aromatic heterocycles. The highest BCUT2D eigenvalue weighted by Crippen LogP contribution is 2.37. The molecule has 5 rings (SSSR count). The van der Waals surface area contributed by atoms with Crippen molar-refractivity contribution in [3.63, 3.8) is 0 Å². The largest absolute Gasteiger partial charge is 0.0654 e. The van der Waals surface area contributed by atoms with Crippen LogP contribution in [0.25, 0.3) is 44.5 Å². The van der Waals surface area contributed by atoms with Crippen LogP contribution in [0.2, 0.25) is 0 Å². The first kappa shape index (κ1) is 33.5. The van der Waals surface area contributed by atoms with Crippen molar-refractivity contribution in [1.29, 1.82) is 0 Å². The molecule has 0 fully saturated rings. The van der Waals surface area contributed by atoms with Gasteiger partial charge in [-0.15, -0.1) is 0 Å². The summed E-state index contributed by atoms with van der Waals surface area (Å²) in [5.74, 6) is 0. The number of hydrogen-bond acceptors (Lipinski definition) is 0. The second kappa shape index (κ2) is 16.1. The minimum absolute atomic E-state index is 1.12. The van der Waals surface area contributed by atoms with Crippen molar-refractivity contribution < 1.29 is 0 Å². The summed E-state index contributed by atoms with van der Waals surface area (Å²) in [7, 11) is 0. The SMILES string of the molecule is CCCCCCc1cc(-c2ccc(-c3ccc(C)cc3C)cc2)c(CCCCCC)cc1-c1ccc(-c2ccc(C)cc2C)cc1. The van der Waals surface area contributed by atoms with E-state index < -0.39 is 0 Å². The van der Waals surface area contributed by atoms with Crippen LogP contribution in [0, 0.1) is 27.7 Å². The number of rotatable bonds is 14. The minimum atomic E-state index is 1.12. The summed E-state index contributed by atoms with van der Waals surface area (Å²) in [5.41, 5.74) is 19.1. The summed E-state index contributed by atoms with van der Waals surface area (Å²) < 4.78 is 0. The maximum Gasteiger partial charge on any atom is -0.0149 e.